The predicted molar refractivity (Wildman–Crippen MR) is 101 cm³/mol. The van der Waals surface area contributed by atoms with Crippen molar-refractivity contribution in [1.82, 2.24) is 4.23 Å². The van der Waals surface area contributed by atoms with Crippen LogP contribution in [0.2, 0.25) is 21.6 Å². The summed E-state index contributed by atoms with van der Waals surface area (Å²) in [5, 5.41) is 1.98. The molecule has 21 heavy (non-hydrogen) atoms. The Morgan fingerprint density at radius 3 is 2.00 bits per heavy atom. The molecule has 2 aromatic rings. The highest BCUT2D eigenvalue weighted by molar-refractivity contribution is 9.10. The van der Waals surface area contributed by atoms with E-state index in [1.165, 1.54) is 5.52 Å². The monoisotopic (exact) mass is 385 g/mol. The fourth-order valence-corrected chi connectivity index (χ4v) is 12.2. The Balaban J connectivity index is 2.87. The van der Waals surface area contributed by atoms with Crippen LogP contribution in [0.15, 0.2) is 28.9 Å². The van der Waals surface area contributed by atoms with E-state index in [0.29, 0.717) is 16.6 Å². The van der Waals surface area contributed by atoms with Crippen molar-refractivity contribution in [2.45, 2.75) is 58.2 Å². The first-order valence-electron chi connectivity index (χ1n) is 7.70. The fourth-order valence-electron chi connectivity index (χ4n) is 4.35. The summed E-state index contributed by atoms with van der Waals surface area (Å²) in [5.41, 5.74) is 3.27. The van der Waals surface area contributed by atoms with Gasteiger partial charge in [0.2, 0.25) is 0 Å². The highest BCUT2D eigenvalue weighted by atomic mass is 79.9. The van der Waals surface area contributed by atoms with Crippen LogP contribution in [0.25, 0.3) is 10.9 Å². The molecule has 0 aliphatic rings. The van der Waals surface area contributed by atoms with Crippen molar-refractivity contribution in [2.24, 2.45) is 0 Å². The zero-order chi connectivity index (χ0) is 15.9. The minimum atomic E-state index is -1.74. The second kappa shape index (κ2) is 6.09. The van der Waals surface area contributed by atoms with Gasteiger partial charge in [-0.3, -0.25) is 0 Å². The zero-order valence-corrected chi connectivity index (χ0v) is 17.1. The molecule has 1 aromatic carbocycles. The van der Waals surface area contributed by atoms with Crippen molar-refractivity contribution < 1.29 is 0 Å². The lowest BCUT2D eigenvalue weighted by Gasteiger charge is -2.44. The van der Waals surface area contributed by atoms with Gasteiger partial charge in [0.25, 0.3) is 0 Å². The lowest BCUT2D eigenvalue weighted by molar-refractivity contribution is 0.772. The number of benzene rings is 1. The van der Waals surface area contributed by atoms with Gasteiger partial charge >= 0.3 is 0 Å². The Kier molecular flexibility index (Phi) is 4.96. The van der Waals surface area contributed by atoms with E-state index < -0.39 is 8.24 Å². The van der Waals surface area contributed by atoms with Crippen molar-refractivity contribution in [3.05, 3.63) is 33.9 Å². The summed E-state index contributed by atoms with van der Waals surface area (Å²) < 4.78 is 3.71. The number of rotatable bonds is 4. The molecule has 0 saturated carbocycles. The molecule has 2 rings (SSSR count). The first-order valence-corrected chi connectivity index (χ1v) is 11.0. The van der Waals surface area contributed by atoms with Gasteiger partial charge in [0, 0.05) is 21.6 Å². The van der Waals surface area contributed by atoms with E-state index in [0.717, 1.165) is 14.9 Å². The Morgan fingerprint density at radius 1 is 1.00 bits per heavy atom. The van der Waals surface area contributed by atoms with Gasteiger partial charge in [0.15, 0.2) is 8.24 Å². The molecule has 0 amide bonds. The van der Waals surface area contributed by atoms with Crippen LogP contribution in [-0.2, 0) is 0 Å². The SMILES string of the molecule is CC(C)[Si](C(C)C)(C(C)C)n1cc(Br)c2c(Cl)cccc21. The van der Waals surface area contributed by atoms with Crippen LogP contribution in [-0.4, -0.2) is 12.5 Å². The lowest BCUT2D eigenvalue weighted by atomic mass is 10.2. The summed E-state index contributed by atoms with van der Waals surface area (Å²) >= 11 is 10.2. The van der Waals surface area contributed by atoms with Crippen molar-refractivity contribution in [3.63, 3.8) is 0 Å². The average Bonchev–Trinajstić information content (AvgIpc) is 2.68. The molecule has 0 bridgehead atoms. The van der Waals surface area contributed by atoms with Gasteiger partial charge in [-0.2, -0.15) is 0 Å². The predicted octanol–water partition coefficient (Wildman–Crippen LogP) is 7.08. The summed E-state index contributed by atoms with van der Waals surface area (Å²) in [6.45, 7) is 14.3. The van der Waals surface area contributed by atoms with E-state index in [4.69, 9.17) is 11.6 Å². The molecule has 0 aliphatic heterocycles. The summed E-state index contributed by atoms with van der Waals surface area (Å²) in [4.78, 5) is 0. The normalized spacial score (nSPS) is 13.1. The standard InChI is InChI=1S/C17H25BrClNSi/c1-11(2)21(12(3)4,13(5)6)20-10-14(18)17-15(19)8-7-9-16(17)20/h7-13H,1-6H3. The molecule has 0 atom stereocenters. The maximum Gasteiger partial charge on any atom is 0.169 e. The molecule has 4 heteroatoms. The molecule has 116 valence electrons. The molecule has 0 radical (unpaired) electrons. The summed E-state index contributed by atoms with van der Waals surface area (Å²) in [7, 11) is -1.74. The van der Waals surface area contributed by atoms with E-state index >= 15 is 0 Å². The van der Waals surface area contributed by atoms with Crippen molar-refractivity contribution in [3.8, 4) is 0 Å². The van der Waals surface area contributed by atoms with Gasteiger partial charge in [-0.1, -0.05) is 59.2 Å². The quantitative estimate of drug-likeness (QED) is 0.495. The maximum absolute atomic E-state index is 6.44. The second-order valence-electron chi connectivity index (χ2n) is 6.83. The van der Waals surface area contributed by atoms with E-state index in [9.17, 15) is 0 Å². The fraction of sp³-hybridized carbons (Fsp3) is 0.529. The summed E-state index contributed by atoms with van der Waals surface area (Å²) in [5.74, 6) is 0. The first-order chi connectivity index (χ1) is 9.74. The van der Waals surface area contributed by atoms with Gasteiger partial charge in [0.1, 0.15) is 0 Å². The number of nitrogens with zero attached hydrogens (tertiary/aromatic N) is 1. The van der Waals surface area contributed by atoms with Crippen LogP contribution in [0, 0.1) is 0 Å². The average molecular weight is 387 g/mol. The third-order valence-corrected chi connectivity index (χ3v) is 12.6. The third kappa shape index (κ3) is 2.51. The minimum absolute atomic E-state index is 0.666. The topological polar surface area (TPSA) is 4.93 Å². The number of hydrogen-bond donors (Lipinski definition) is 0. The van der Waals surface area contributed by atoms with Crippen LogP contribution in [0.3, 0.4) is 0 Å². The third-order valence-electron chi connectivity index (χ3n) is 4.92. The number of fused-ring (bicyclic) bond motifs is 1. The highest BCUT2D eigenvalue weighted by Crippen LogP contribution is 2.46. The van der Waals surface area contributed by atoms with E-state index in [2.05, 4.69) is 80.0 Å². The van der Waals surface area contributed by atoms with Crippen molar-refractivity contribution in [2.75, 3.05) is 0 Å². The smallest absolute Gasteiger partial charge is 0.169 e. The van der Waals surface area contributed by atoms with Crippen LogP contribution < -0.4 is 0 Å². The Morgan fingerprint density at radius 2 is 1.52 bits per heavy atom. The van der Waals surface area contributed by atoms with Crippen molar-refractivity contribution in [1.29, 1.82) is 0 Å². The largest absolute Gasteiger partial charge is 0.372 e. The molecule has 0 aliphatic carbocycles. The van der Waals surface area contributed by atoms with Crippen molar-refractivity contribution >= 4 is 46.7 Å². The van der Waals surface area contributed by atoms with E-state index in [-0.39, 0.29) is 0 Å². The molecule has 0 N–H and O–H groups in total. The van der Waals surface area contributed by atoms with Gasteiger partial charge in [-0.15, -0.1) is 0 Å². The molecule has 0 spiro atoms. The first kappa shape index (κ1) is 17.1. The van der Waals surface area contributed by atoms with E-state index in [1.807, 2.05) is 6.07 Å². The second-order valence-corrected chi connectivity index (χ2v) is 13.8. The number of halogens is 2. The number of aromatic nitrogens is 1. The van der Waals surface area contributed by atoms with Crippen LogP contribution in [0.1, 0.15) is 41.5 Å². The molecular formula is C17H25BrClNSi. The summed E-state index contributed by atoms with van der Waals surface area (Å²) in [6.07, 6.45) is 2.28. The van der Waals surface area contributed by atoms with Crippen LogP contribution in [0.4, 0.5) is 0 Å². The Labute approximate surface area is 142 Å². The molecule has 1 nitrogen and oxygen atoms in total. The van der Waals surface area contributed by atoms with Crippen LogP contribution >= 0.6 is 27.5 Å². The lowest BCUT2D eigenvalue weighted by Crippen LogP contribution is -2.51. The molecule has 1 aromatic heterocycles. The molecule has 0 unspecified atom stereocenters. The van der Waals surface area contributed by atoms with Gasteiger partial charge in [0.05, 0.1) is 5.02 Å². The minimum Gasteiger partial charge on any atom is -0.372 e. The van der Waals surface area contributed by atoms with Gasteiger partial charge in [-0.05, 0) is 44.7 Å². The molecule has 0 fully saturated rings. The zero-order valence-electron chi connectivity index (χ0n) is 13.7. The van der Waals surface area contributed by atoms with Gasteiger partial charge < -0.3 is 4.23 Å². The number of hydrogen-bond acceptors (Lipinski definition) is 0. The van der Waals surface area contributed by atoms with E-state index in [1.54, 1.807) is 0 Å². The van der Waals surface area contributed by atoms with Gasteiger partial charge in [-0.25, -0.2) is 0 Å². The molecule has 1 heterocycles. The highest BCUT2D eigenvalue weighted by Gasteiger charge is 2.46. The Hall–Kier alpha value is -0.253. The Bertz CT molecular complexity index is 624. The molecular weight excluding hydrogens is 362 g/mol. The molecule has 0 saturated heterocycles. The maximum atomic E-state index is 6.44. The summed E-state index contributed by atoms with van der Waals surface area (Å²) in [6, 6.07) is 6.25. The van der Waals surface area contributed by atoms with Crippen LogP contribution in [0.5, 0.6) is 0 Å².